The van der Waals surface area contributed by atoms with Gasteiger partial charge in [0.15, 0.2) is 0 Å². The highest BCUT2D eigenvalue weighted by Gasteiger charge is 2.54. The predicted octanol–water partition coefficient (Wildman–Crippen LogP) is 3.28. The van der Waals surface area contributed by atoms with Crippen molar-refractivity contribution < 1.29 is 4.79 Å². The second-order valence-corrected chi connectivity index (χ2v) is 7.33. The Hall–Kier alpha value is -1.58. The van der Waals surface area contributed by atoms with Crippen LogP contribution in [0.5, 0.6) is 0 Å². The van der Waals surface area contributed by atoms with Gasteiger partial charge in [0.1, 0.15) is 5.82 Å². The largest absolute Gasteiger partial charge is 0.373 e. The Morgan fingerprint density at radius 2 is 1.76 bits per heavy atom. The molecule has 2 N–H and O–H groups in total. The molecule has 0 saturated heterocycles. The Balaban J connectivity index is 1.51. The number of carbonyl (C=O) groups excluding carboxylic acids is 1. The van der Waals surface area contributed by atoms with Crippen LogP contribution in [0.15, 0.2) is 18.3 Å². The molecule has 0 aliphatic heterocycles. The number of pyridine rings is 1. The van der Waals surface area contributed by atoms with Gasteiger partial charge in [-0.05, 0) is 68.4 Å². The maximum Gasteiger partial charge on any atom is 0.230 e. The standard InChI is InChI=1S/C17H23N3O/c1-18-15-3-2-14(10-19-15)20-16(21)17-7-11-4-12(8-17)6-13(5-11)9-17/h2-3,10-13H,4-9H2,1H3,(H,18,19)(H,20,21). The number of amides is 1. The number of carbonyl (C=O) groups is 1. The van der Waals surface area contributed by atoms with Crippen molar-refractivity contribution in [3.8, 4) is 0 Å². The van der Waals surface area contributed by atoms with Crippen LogP contribution in [0.2, 0.25) is 0 Å². The minimum Gasteiger partial charge on any atom is -0.373 e. The number of hydrogen-bond donors (Lipinski definition) is 2. The van der Waals surface area contributed by atoms with E-state index < -0.39 is 0 Å². The fourth-order valence-corrected chi connectivity index (χ4v) is 5.27. The number of aromatic nitrogens is 1. The first kappa shape index (κ1) is 13.1. The van der Waals surface area contributed by atoms with E-state index in [1.54, 1.807) is 6.20 Å². The van der Waals surface area contributed by atoms with Crippen molar-refractivity contribution in [1.82, 2.24) is 4.98 Å². The van der Waals surface area contributed by atoms with Gasteiger partial charge in [0.25, 0.3) is 0 Å². The highest BCUT2D eigenvalue weighted by Crippen LogP contribution is 2.60. The van der Waals surface area contributed by atoms with E-state index in [0.717, 1.165) is 48.5 Å². The van der Waals surface area contributed by atoms with E-state index in [2.05, 4.69) is 15.6 Å². The molecule has 4 aliphatic rings. The molecular formula is C17H23N3O. The van der Waals surface area contributed by atoms with E-state index in [-0.39, 0.29) is 11.3 Å². The molecule has 1 heterocycles. The number of nitrogens with zero attached hydrogens (tertiary/aromatic N) is 1. The lowest BCUT2D eigenvalue weighted by atomic mass is 9.49. The van der Waals surface area contributed by atoms with Crippen molar-refractivity contribution in [3.63, 3.8) is 0 Å². The fourth-order valence-electron chi connectivity index (χ4n) is 5.27. The molecule has 4 heteroatoms. The van der Waals surface area contributed by atoms with E-state index in [9.17, 15) is 4.79 Å². The van der Waals surface area contributed by atoms with E-state index >= 15 is 0 Å². The summed E-state index contributed by atoms with van der Waals surface area (Å²) in [6.07, 6.45) is 9.15. The molecule has 4 bridgehead atoms. The monoisotopic (exact) mass is 285 g/mol. The SMILES string of the molecule is CNc1ccc(NC(=O)C23CC4CC(CC(C4)C2)C3)cn1. The molecule has 0 radical (unpaired) electrons. The molecule has 0 spiro atoms. The molecule has 0 unspecified atom stereocenters. The molecule has 4 aliphatic carbocycles. The van der Waals surface area contributed by atoms with Gasteiger partial charge in [0.05, 0.1) is 17.3 Å². The van der Waals surface area contributed by atoms with Crippen LogP contribution in [-0.2, 0) is 4.79 Å². The van der Waals surface area contributed by atoms with Crippen LogP contribution in [0.3, 0.4) is 0 Å². The summed E-state index contributed by atoms with van der Waals surface area (Å²) in [5, 5.41) is 6.11. The van der Waals surface area contributed by atoms with Gasteiger partial charge in [-0.3, -0.25) is 4.79 Å². The quantitative estimate of drug-likeness (QED) is 0.896. The summed E-state index contributed by atoms with van der Waals surface area (Å²) in [4.78, 5) is 17.1. The van der Waals surface area contributed by atoms with Crippen LogP contribution in [0.4, 0.5) is 11.5 Å². The van der Waals surface area contributed by atoms with Crippen LogP contribution in [0.25, 0.3) is 0 Å². The van der Waals surface area contributed by atoms with Gasteiger partial charge in [-0.25, -0.2) is 4.98 Å². The summed E-state index contributed by atoms with van der Waals surface area (Å²) in [5.74, 6) is 3.45. The van der Waals surface area contributed by atoms with Crippen LogP contribution < -0.4 is 10.6 Å². The molecule has 21 heavy (non-hydrogen) atoms. The lowest BCUT2D eigenvalue weighted by Gasteiger charge is -2.55. The Kier molecular flexibility index (Phi) is 2.95. The number of anilines is 2. The summed E-state index contributed by atoms with van der Waals surface area (Å²) in [6.45, 7) is 0. The third-order valence-electron chi connectivity index (χ3n) is 5.80. The fraction of sp³-hybridized carbons (Fsp3) is 0.647. The summed E-state index contributed by atoms with van der Waals surface area (Å²) >= 11 is 0. The van der Waals surface area contributed by atoms with Crippen molar-refractivity contribution in [2.24, 2.45) is 23.2 Å². The van der Waals surface area contributed by atoms with Crippen molar-refractivity contribution in [2.45, 2.75) is 38.5 Å². The van der Waals surface area contributed by atoms with Gasteiger partial charge < -0.3 is 10.6 Å². The van der Waals surface area contributed by atoms with E-state index in [1.807, 2.05) is 19.2 Å². The normalized spacial score (nSPS) is 36.5. The highest BCUT2D eigenvalue weighted by molar-refractivity contribution is 5.95. The van der Waals surface area contributed by atoms with Gasteiger partial charge in [-0.15, -0.1) is 0 Å². The van der Waals surface area contributed by atoms with Gasteiger partial charge >= 0.3 is 0 Å². The minimum atomic E-state index is -0.0869. The molecule has 5 rings (SSSR count). The zero-order chi connectivity index (χ0) is 14.4. The van der Waals surface area contributed by atoms with Crippen LogP contribution in [-0.4, -0.2) is 17.9 Å². The third-order valence-corrected chi connectivity index (χ3v) is 5.80. The molecule has 4 nitrogen and oxygen atoms in total. The topological polar surface area (TPSA) is 54.0 Å². The summed E-state index contributed by atoms with van der Waals surface area (Å²) in [6, 6.07) is 3.83. The Labute approximate surface area is 125 Å². The molecule has 4 saturated carbocycles. The van der Waals surface area contributed by atoms with Gasteiger partial charge in [0, 0.05) is 7.05 Å². The first-order valence-corrected chi connectivity index (χ1v) is 8.12. The van der Waals surface area contributed by atoms with Crippen molar-refractivity contribution >= 4 is 17.4 Å². The molecule has 112 valence electrons. The lowest BCUT2D eigenvalue weighted by molar-refractivity contribution is -0.140. The molecule has 1 aromatic heterocycles. The summed E-state index contributed by atoms with van der Waals surface area (Å²) in [7, 11) is 1.84. The van der Waals surface area contributed by atoms with Crippen molar-refractivity contribution in [1.29, 1.82) is 0 Å². The molecule has 4 fully saturated rings. The first-order valence-electron chi connectivity index (χ1n) is 8.12. The third kappa shape index (κ3) is 2.21. The Morgan fingerprint density at radius 1 is 1.14 bits per heavy atom. The van der Waals surface area contributed by atoms with E-state index in [4.69, 9.17) is 0 Å². The Bertz CT molecular complexity index is 516. The number of nitrogens with one attached hydrogen (secondary N) is 2. The average molecular weight is 285 g/mol. The summed E-state index contributed by atoms with van der Waals surface area (Å²) < 4.78 is 0. The van der Waals surface area contributed by atoms with Crippen LogP contribution >= 0.6 is 0 Å². The van der Waals surface area contributed by atoms with Crippen LogP contribution in [0.1, 0.15) is 38.5 Å². The zero-order valence-electron chi connectivity index (χ0n) is 12.6. The summed E-state index contributed by atoms with van der Waals surface area (Å²) in [5.41, 5.74) is 0.728. The second-order valence-electron chi connectivity index (χ2n) is 7.33. The Morgan fingerprint density at radius 3 is 2.24 bits per heavy atom. The lowest BCUT2D eigenvalue weighted by Crippen LogP contribution is -2.51. The smallest absolute Gasteiger partial charge is 0.230 e. The van der Waals surface area contributed by atoms with E-state index in [1.165, 1.54) is 19.3 Å². The second kappa shape index (κ2) is 4.72. The predicted molar refractivity (Wildman–Crippen MR) is 83.0 cm³/mol. The van der Waals surface area contributed by atoms with Gasteiger partial charge in [-0.1, -0.05) is 0 Å². The average Bonchev–Trinajstić information content (AvgIpc) is 2.46. The van der Waals surface area contributed by atoms with Crippen molar-refractivity contribution in [3.05, 3.63) is 18.3 Å². The number of rotatable bonds is 3. The van der Waals surface area contributed by atoms with Crippen molar-refractivity contribution in [2.75, 3.05) is 17.7 Å². The molecule has 0 aromatic carbocycles. The van der Waals surface area contributed by atoms with Crippen LogP contribution in [0, 0.1) is 23.2 Å². The van der Waals surface area contributed by atoms with Gasteiger partial charge in [-0.2, -0.15) is 0 Å². The van der Waals surface area contributed by atoms with E-state index in [0.29, 0.717) is 0 Å². The zero-order valence-corrected chi connectivity index (χ0v) is 12.6. The maximum atomic E-state index is 12.9. The number of hydrogen-bond acceptors (Lipinski definition) is 3. The molecule has 0 atom stereocenters. The van der Waals surface area contributed by atoms with Gasteiger partial charge in [0.2, 0.25) is 5.91 Å². The molecule has 1 aromatic rings. The molecule has 1 amide bonds. The minimum absolute atomic E-state index is 0.0869. The highest BCUT2D eigenvalue weighted by atomic mass is 16.2. The maximum absolute atomic E-state index is 12.9. The molecular weight excluding hydrogens is 262 g/mol. The first-order chi connectivity index (χ1) is 10.2.